The van der Waals surface area contributed by atoms with Crippen LogP contribution in [0.5, 0.6) is 0 Å². The van der Waals surface area contributed by atoms with Crippen molar-refractivity contribution in [3.05, 3.63) is 17.0 Å². The zero-order valence-corrected chi connectivity index (χ0v) is 13.4. The molecule has 0 radical (unpaired) electrons. The number of carbonyl (C=O) groups excluding carboxylic acids is 1. The fourth-order valence-electron chi connectivity index (χ4n) is 2.41. The van der Waals surface area contributed by atoms with Crippen molar-refractivity contribution in [1.82, 2.24) is 14.7 Å². The van der Waals surface area contributed by atoms with Gasteiger partial charge in [0.05, 0.1) is 18.9 Å². The average molecular weight is 295 g/mol. The number of aryl methyl sites for hydroxylation is 2. The van der Waals surface area contributed by atoms with Crippen molar-refractivity contribution in [2.45, 2.75) is 39.3 Å². The summed E-state index contributed by atoms with van der Waals surface area (Å²) in [6.45, 7) is 5.75. The molecule has 0 aromatic carbocycles. The monoisotopic (exact) mass is 295 g/mol. The van der Waals surface area contributed by atoms with Crippen LogP contribution in [0.25, 0.3) is 0 Å². The highest BCUT2D eigenvalue weighted by Crippen LogP contribution is 2.29. The molecule has 6 heteroatoms. The third-order valence-electron chi connectivity index (χ3n) is 3.95. The number of ether oxygens (including phenoxy) is 2. The lowest BCUT2D eigenvalue weighted by Gasteiger charge is -2.22. The molecule has 1 fully saturated rings. The Morgan fingerprint density at radius 3 is 2.62 bits per heavy atom. The van der Waals surface area contributed by atoms with Crippen molar-refractivity contribution in [3.8, 4) is 0 Å². The van der Waals surface area contributed by atoms with Crippen molar-refractivity contribution in [2.75, 3.05) is 26.9 Å². The number of rotatable bonds is 8. The first-order valence-electron chi connectivity index (χ1n) is 7.39. The van der Waals surface area contributed by atoms with Crippen molar-refractivity contribution in [2.24, 2.45) is 7.05 Å². The van der Waals surface area contributed by atoms with E-state index < -0.39 is 0 Å². The summed E-state index contributed by atoms with van der Waals surface area (Å²) in [5, 5.41) is 4.42. The van der Waals surface area contributed by atoms with E-state index in [4.69, 9.17) is 9.47 Å². The lowest BCUT2D eigenvalue weighted by atomic mass is 10.2. The minimum atomic E-state index is 0.0521. The Kier molecular flexibility index (Phi) is 5.36. The predicted octanol–water partition coefficient (Wildman–Crippen LogP) is 1.19. The number of carbonyl (C=O) groups is 1. The molecule has 1 aliphatic carbocycles. The third-order valence-corrected chi connectivity index (χ3v) is 3.95. The Hall–Kier alpha value is -1.40. The van der Waals surface area contributed by atoms with Gasteiger partial charge >= 0.3 is 0 Å². The molecule has 1 aromatic heterocycles. The number of hydrogen-bond donors (Lipinski definition) is 0. The van der Waals surface area contributed by atoms with Gasteiger partial charge in [0.1, 0.15) is 6.61 Å². The number of amides is 1. The molecule has 0 aliphatic heterocycles. The molecular weight excluding hydrogens is 270 g/mol. The Morgan fingerprint density at radius 1 is 1.38 bits per heavy atom. The summed E-state index contributed by atoms with van der Waals surface area (Å²) >= 11 is 0. The van der Waals surface area contributed by atoms with E-state index in [9.17, 15) is 4.79 Å². The second-order valence-corrected chi connectivity index (χ2v) is 5.57. The maximum Gasteiger partial charge on any atom is 0.249 e. The maximum atomic E-state index is 12.4. The average Bonchev–Trinajstić information content (AvgIpc) is 3.24. The molecule has 21 heavy (non-hydrogen) atoms. The lowest BCUT2D eigenvalue weighted by Crippen LogP contribution is -2.36. The van der Waals surface area contributed by atoms with Crippen LogP contribution in [0.15, 0.2) is 0 Å². The summed E-state index contributed by atoms with van der Waals surface area (Å²) in [6, 6.07) is 0.363. The molecule has 0 saturated heterocycles. The van der Waals surface area contributed by atoms with E-state index in [0.29, 0.717) is 25.8 Å². The highest BCUT2D eigenvalue weighted by molar-refractivity contribution is 5.78. The van der Waals surface area contributed by atoms with Gasteiger partial charge in [0.25, 0.3) is 0 Å². The summed E-state index contributed by atoms with van der Waals surface area (Å²) in [5.74, 6) is 0.0521. The molecule has 1 amide bonds. The van der Waals surface area contributed by atoms with Gasteiger partial charge in [-0.15, -0.1) is 0 Å². The number of methoxy groups -OCH3 is 1. The van der Waals surface area contributed by atoms with Gasteiger partial charge in [0, 0.05) is 38.0 Å². The summed E-state index contributed by atoms with van der Waals surface area (Å²) < 4.78 is 12.1. The van der Waals surface area contributed by atoms with Crippen LogP contribution in [-0.4, -0.2) is 53.6 Å². The van der Waals surface area contributed by atoms with Gasteiger partial charge in [-0.3, -0.25) is 9.48 Å². The first kappa shape index (κ1) is 16.0. The van der Waals surface area contributed by atoms with Crippen molar-refractivity contribution in [1.29, 1.82) is 0 Å². The van der Waals surface area contributed by atoms with Gasteiger partial charge in [-0.25, -0.2) is 0 Å². The topological polar surface area (TPSA) is 56.6 Å². The number of hydrogen-bond acceptors (Lipinski definition) is 4. The molecule has 1 saturated carbocycles. The minimum Gasteiger partial charge on any atom is -0.382 e. The van der Waals surface area contributed by atoms with Gasteiger partial charge < -0.3 is 14.4 Å². The van der Waals surface area contributed by atoms with E-state index in [1.807, 2.05) is 30.5 Å². The van der Waals surface area contributed by atoms with Gasteiger partial charge in [0.2, 0.25) is 5.91 Å². The van der Waals surface area contributed by atoms with E-state index in [1.54, 1.807) is 7.11 Å². The number of aromatic nitrogens is 2. The van der Waals surface area contributed by atoms with Crippen molar-refractivity contribution in [3.63, 3.8) is 0 Å². The summed E-state index contributed by atoms with van der Waals surface area (Å²) in [5.41, 5.74) is 3.26. The lowest BCUT2D eigenvalue weighted by molar-refractivity contribution is -0.137. The molecule has 0 N–H and O–H groups in total. The zero-order valence-electron chi connectivity index (χ0n) is 13.4. The molecule has 118 valence electrons. The molecule has 2 rings (SSSR count). The maximum absolute atomic E-state index is 12.4. The summed E-state index contributed by atoms with van der Waals surface area (Å²) in [7, 11) is 3.55. The summed E-state index contributed by atoms with van der Waals surface area (Å²) in [6.07, 6.45) is 2.17. The molecular formula is C15H25N3O3. The Labute approximate surface area is 126 Å². The molecule has 0 spiro atoms. The Balaban J connectivity index is 1.97. The first-order chi connectivity index (χ1) is 10.0. The second-order valence-electron chi connectivity index (χ2n) is 5.57. The van der Waals surface area contributed by atoms with Crippen LogP contribution in [0.2, 0.25) is 0 Å². The molecule has 0 unspecified atom stereocenters. The minimum absolute atomic E-state index is 0.0521. The van der Waals surface area contributed by atoms with Gasteiger partial charge in [-0.05, 0) is 26.7 Å². The molecule has 6 nitrogen and oxygen atoms in total. The van der Waals surface area contributed by atoms with Crippen LogP contribution in [0.4, 0.5) is 0 Å². The highest BCUT2D eigenvalue weighted by atomic mass is 16.5. The second kappa shape index (κ2) is 7.04. The predicted molar refractivity (Wildman–Crippen MR) is 78.9 cm³/mol. The number of nitrogens with zero attached hydrogens (tertiary/aromatic N) is 3. The fraction of sp³-hybridized carbons (Fsp3) is 0.733. The standard InChI is InChI=1S/C15H25N3O3/c1-11-14(12(2)17(3)16-11)9-18(13-5-6-13)15(19)10-21-8-7-20-4/h13H,5-10H2,1-4H3. The zero-order chi connectivity index (χ0) is 15.4. The molecule has 0 bridgehead atoms. The van der Waals surface area contributed by atoms with Crippen LogP contribution >= 0.6 is 0 Å². The van der Waals surface area contributed by atoms with E-state index in [-0.39, 0.29) is 12.5 Å². The van der Waals surface area contributed by atoms with Crippen molar-refractivity contribution >= 4 is 5.91 Å². The molecule has 1 heterocycles. The molecule has 0 atom stereocenters. The van der Waals surface area contributed by atoms with Crippen LogP contribution < -0.4 is 0 Å². The van der Waals surface area contributed by atoms with Gasteiger partial charge in [0.15, 0.2) is 0 Å². The van der Waals surface area contributed by atoms with Gasteiger partial charge in [-0.2, -0.15) is 5.10 Å². The third kappa shape index (κ3) is 4.04. The largest absolute Gasteiger partial charge is 0.382 e. The fourth-order valence-corrected chi connectivity index (χ4v) is 2.41. The first-order valence-corrected chi connectivity index (χ1v) is 7.39. The van der Waals surface area contributed by atoms with Crippen LogP contribution in [0.3, 0.4) is 0 Å². The van der Waals surface area contributed by atoms with Crippen molar-refractivity contribution < 1.29 is 14.3 Å². The Bertz CT molecular complexity index is 495. The van der Waals surface area contributed by atoms with E-state index in [0.717, 1.165) is 29.8 Å². The summed E-state index contributed by atoms with van der Waals surface area (Å²) in [4.78, 5) is 14.3. The molecule has 1 aliphatic rings. The molecule has 1 aromatic rings. The van der Waals surface area contributed by atoms with Crippen LogP contribution in [0.1, 0.15) is 29.8 Å². The van der Waals surface area contributed by atoms with E-state index in [2.05, 4.69) is 5.10 Å². The Morgan fingerprint density at radius 2 is 2.10 bits per heavy atom. The quantitative estimate of drug-likeness (QED) is 0.676. The SMILES string of the molecule is COCCOCC(=O)N(Cc1c(C)nn(C)c1C)C1CC1. The smallest absolute Gasteiger partial charge is 0.249 e. The van der Waals surface area contributed by atoms with Gasteiger partial charge in [-0.1, -0.05) is 0 Å². The normalized spacial score (nSPS) is 14.5. The van der Waals surface area contributed by atoms with Crippen LogP contribution in [-0.2, 0) is 27.9 Å². The van der Waals surface area contributed by atoms with E-state index >= 15 is 0 Å². The highest BCUT2D eigenvalue weighted by Gasteiger charge is 2.33. The van der Waals surface area contributed by atoms with Crippen LogP contribution in [0, 0.1) is 13.8 Å². The van der Waals surface area contributed by atoms with E-state index in [1.165, 1.54) is 0 Å².